The molecule has 9 heteroatoms. The summed E-state index contributed by atoms with van der Waals surface area (Å²) in [6.45, 7) is 3.91. The van der Waals surface area contributed by atoms with Gasteiger partial charge >= 0.3 is 0 Å². The molecule has 4 rings (SSSR count). The second-order valence-corrected chi connectivity index (χ2v) is 9.98. The first kappa shape index (κ1) is 20.9. The summed E-state index contributed by atoms with van der Waals surface area (Å²) in [5.41, 5.74) is 2.43. The van der Waals surface area contributed by atoms with Crippen molar-refractivity contribution in [3.8, 4) is 0 Å². The Labute approximate surface area is 180 Å². The molecular weight excluding hydrogens is 420 g/mol. The fraction of sp³-hybridized carbons (Fsp3) is 0.333. The maximum absolute atomic E-state index is 12.7. The van der Waals surface area contributed by atoms with Gasteiger partial charge in [0.05, 0.1) is 21.7 Å². The van der Waals surface area contributed by atoms with Gasteiger partial charge in [-0.3, -0.25) is 4.79 Å². The predicted molar refractivity (Wildman–Crippen MR) is 119 cm³/mol. The van der Waals surface area contributed by atoms with Crippen molar-refractivity contribution in [3.63, 3.8) is 0 Å². The van der Waals surface area contributed by atoms with Crippen LogP contribution in [0.25, 0.3) is 11.0 Å². The number of hydrogen-bond donors (Lipinski definition) is 1. The fourth-order valence-corrected chi connectivity index (χ4v) is 6.05. The van der Waals surface area contributed by atoms with Gasteiger partial charge in [-0.2, -0.15) is 4.31 Å². The molecule has 1 fully saturated rings. The summed E-state index contributed by atoms with van der Waals surface area (Å²) in [6.07, 6.45) is 1.77. The van der Waals surface area contributed by atoms with Crippen LogP contribution >= 0.6 is 11.8 Å². The first-order valence-electron chi connectivity index (χ1n) is 9.97. The molecule has 2 heterocycles. The molecule has 2 aromatic carbocycles. The molecular formula is C21H24N4O3S2. The number of thioether (sulfide) groups is 1. The van der Waals surface area contributed by atoms with Crippen LogP contribution in [-0.2, 0) is 21.4 Å². The first-order chi connectivity index (χ1) is 14.5. The quantitative estimate of drug-likeness (QED) is 0.563. The number of amides is 1. The number of anilines is 1. The number of benzene rings is 2. The molecule has 0 spiro atoms. The lowest BCUT2D eigenvalue weighted by molar-refractivity contribution is -0.113. The molecule has 1 aromatic heterocycles. The minimum Gasteiger partial charge on any atom is -0.325 e. The maximum Gasteiger partial charge on any atom is 0.243 e. The van der Waals surface area contributed by atoms with E-state index in [1.54, 1.807) is 18.2 Å². The molecule has 1 saturated heterocycles. The van der Waals surface area contributed by atoms with E-state index in [0.29, 0.717) is 18.8 Å². The maximum atomic E-state index is 12.7. The van der Waals surface area contributed by atoms with E-state index < -0.39 is 10.0 Å². The summed E-state index contributed by atoms with van der Waals surface area (Å²) in [7, 11) is -3.51. The van der Waals surface area contributed by atoms with E-state index in [2.05, 4.69) is 14.9 Å². The zero-order chi connectivity index (χ0) is 21.1. The molecule has 0 saturated carbocycles. The van der Waals surface area contributed by atoms with E-state index in [0.717, 1.165) is 35.6 Å². The van der Waals surface area contributed by atoms with E-state index >= 15 is 0 Å². The zero-order valence-corrected chi connectivity index (χ0v) is 18.4. The summed E-state index contributed by atoms with van der Waals surface area (Å²) in [6, 6.07) is 14.3. The van der Waals surface area contributed by atoms with E-state index in [4.69, 9.17) is 0 Å². The average Bonchev–Trinajstić information content (AvgIpc) is 3.40. The minimum absolute atomic E-state index is 0.187. The number of nitrogens with one attached hydrogen (secondary N) is 1. The third kappa shape index (κ3) is 4.23. The molecule has 3 aromatic rings. The van der Waals surface area contributed by atoms with Gasteiger partial charge < -0.3 is 9.88 Å². The molecule has 0 bridgehead atoms. The molecule has 1 amide bonds. The lowest BCUT2D eigenvalue weighted by atomic mass is 10.3. The highest BCUT2D eigenvalue weighted by Crippen LogP contribution is 2.25. The van der Waals surface area contributed by atoms with E-state index in [1.165, 1.54) is 22.1 Å². The monoisotopic (exact) mass is 444 g/mol. The van der Waals surface area contributed by atoms with Crippen LogP contribution in [0, 0.1) is 0 Å². The van der Waals surface area contributed by atoms with Crippen molar-refractivity contribution in [1.29, 1.82) is 0 Å². The van der Waals surface area contributed by atoms with Crippen molar-refractivity contribution in [2.24, 2.45) is 0 Å². The smallest absolute Gasteiger partial charge is 0.243 e. The fourth-order valence-electron chi connectivity index (χ4n) is 3.61. The second-order valence-electron chi connectivity index (χ2n) is 7.10. The van der Waals surface area contributed by atoms with Crippen LogP contribution < -0.4 is 5.32 Å². The van der Waals surface area contributed by atoms with Crippen LogP contribution in [0.15, 0.2) is 58.6 Å². The van der Waals surface area contributed by atoms with E-state index in [1.807, 2.05) is 31.2 Å². The van der Waals surface area contributed by atoms with Crippen molar-refractivity contribution >= 4 is 44.4 Å². The number of imidazole rings is 1. The molecule has 0 atom stereocenters. The van der Waals surface area contributed by atoms with Gasteiger partial charge in [0.25, 0.3) is 0 Å². The van der Waals surface area contributed by atoms with Crippen LogP contribution in [-0.4, -0.2) is 47.0 Å². The molecule has 1 aliphatic rings. The van der Waals surface area contributed by atoms with Gasteiger partial charge in [-0.1, -0.05) is 30.0 Å². The van der Waals surface area contributed by atoms with Crippen LogP contribution in [0.4, 0.5) is 5.69 Å². The number of hydrogen-bond acceptors (Lipinski definition) is 5. The average molecular weight is 445 g/mol. The van der Waals surface area contributed by atoms with Gasteiger partial charge in [0.2, 0.25) is 15.9 Å². The first-order valence-corrected chi connectivity index (χ1v) is 12.4. The third-order valence-corrected chi connectivity index (χ3v) is 7.96. The molecule has 7 nitrogen and oxygen atoms in total. The number of fused-ring (bicyclic) bond motifs is 1. The summed E-state index contributed by atoms with van der Waals surface area (Å²) in [5.74, 6) is -0.0164. The van der Waals surface area contributed by atoms with Crippen LogP contribution in [0.5, 0.6) is 0 Å². The van der Waals surface area contributed by atoms with Gasteiger partial charge in [-0.15, -0.1) is 0 Å². The summed E-state index contributed by atoms with van der Waals surface area (Å²) < 4.78 is 29.1. The number of carbonyl (C=O) groups is 1. The summed E-state index contributed by atoms with van der Waals surface area (Å²) >= 11 is 1.37. The molecule has 0 radical (unpaired) electrons. The van der Waals surface area contributed by atoms with Crippen LogP contribution in [0.1, 0.15) is 19.8 Å². The molecule has 30 heavy (non-hydrogen) atoms. The normalized spacial score (nSPS) is 15.0. The van der Waals surface area contributed by atoms with Crippen molar-refractivity contribution < 1.29 is 13.2 Å². The lowest BCUT2D eigenvalue weighted by Gasteiger charge is -2.16. The number of carbonyl (C=O) groups excluding carboxylic acids is 1. The van der Waals surface area contributed by atoms with E-state index in [-0.39, 0.29) is 16.6 Å². The second kappa shape index (κ2) is 8.79. The van der Waals surface area contributed by atoms with Crippen molar-refractivity contribution in [3.05, 3.63) is 48.5 Å². The Hall–Kier alpha value is -2.36. The van der Waals surface area contributed by atoms with E-state index in [9.17, 15) is 13.2 Å². The van der Waals surface area contributed by atoms with Crippen LogP contribution in [0.2, 0.25) is 0 Å². The Bertz CT molecular complexity index is 1170. The van der Waals surface area contributed by atoms with Gasteiger partial charge in [0, 0.05) is 25.3 Å². The lowest BCUT2D eigenvalue weighted by Crippen LogP contribution is -2.28. The molecule has 1 N–H and O–H groups in total. The molecule has 0 unspecified atom stereocenters. The predicted octanol–water partition coefficient (Wildman–Crippen LogP) is 3.57. The van der Waals surface area contributed by atoms with Gasteiger partial charge in [-0.05, 0) is 50.1 Å². The Balaban J connectivity index is 1.44. The highest BCUT2D eigenvalue weighted by Gasteiger charge is 2.27. The zero-order valence-electron chi connectivity index (χ0n) is 16.7. The van der Waals surface area contributed by atoms with Gasteiger partial charge in [0.15, 0.2) is 5.16 Å². The Kier molecular flexibility index (Phi) is 6.12. The number of nitrogens with zero attached hydrogens (tertiary/aromatic N) is 3. The minimum atomic E-state index is -3.51. The van der Waals surface area contributed by atoms with Crippen molar-refractivity contribution in [1.82, 2.24) is 13.9 Å². The van der Waals surface area contributed by atoms with Gasteiger partial charge in [0.1, 0.15) is 0 Å². The topological polar surface area (TPSA) is 84.3 Å². The SMILES string of the molecule is CCn1c(SCC(=O)Nc2cccc(S(=O)(=O)N3CCCC3)c2)nc2ccccc21. The molecule has 1 aliphatic heterocycles. The molecule has 158 valence electrons. The number of aryl methyl sites for hydroxylation is 1. The van der Waals surface area contributed by atoms with Crippen molar-refractivity contribution in [2.45, 2.75) is 36.4 Å². The van der Waals surface area contributed by atoms with Gasteiger partial charge in [-0.25, -0.2) is 13.4 Å². The number of para-hydroxylation sites is 2. The Morgan fingerprint density at radius 2 is 1.90 bits per heavy atom. The Morgan fingerprint density at radius 3 is 2.67 bits per heavy atom. The summed E-state index contributed by atoms with van der Waals surface area (Å²) in [5, 5.41) is 3.60. The summed E-state index contributed by atoms with van der Waals surface area (Å²) in [4.78, 5) is 17.3. The Morgan fingerprint density at radius 1 is 1.13 bits per heavy atom. The highest BCUT2D eigenvalue weighted by molar-refractivity contribution is 7.99. The molecule has 0 aliphatic carbocycles. The number of sulfonamides is 1. The van der Waals surface area contributed by atoms with Crippen LogP contribution in [0.3, 0.4) is 0 Å². The highest BCUT2D eigenvalue weighted by atomic mass is 32.2. The number of rotatable bonds is 7. The third-order valence-electron chi connectivity index (χ3n) is 5.09. The largest absolute Gasteiger partial charge is 0.325 e. The standard InChI is InChI=1S/C21H24N4O3S2/c1-2-25-19-11-4-3-10-18(19)23-21(25)29-15-20(26)22-16-8-7-9-17(14-16)30(27,28)24-12-5-6-13-24/h3-4,7-11,14H,2,5-6,12-13,15H2,1H3,(H,22,26). The van der Waals surface area contributed by atoms with Crippen molar-refractivity contribution in [2.75, 3.05) is 24.2 Å². The number of aromatic nitrogens is 2.